The summed E-state index contributed by atoms with van der Waals surface area (Å²) in [5, 5.41) is 4.41. The molecule has 1 amide bonds. The fourth-order valence-corrected chi connectivity index (χ4v) is 2.75. The first-order valence-electron chi connectivity index (χ1n) is 8.91. The first-order valence-corrected chi connectivity index (χ1v) is 9.28. The van der Waals surface area contributed by atoms with E-state index in [1.54, 1.807) is 48.5 Å². The summed E-state index contributed by atoms with van der Waals surface area (Å²) in [6.45, 7) is 3.84. The van der Waals surface area contributed by atoms with Crippen LogP contribution < -0.4 is 10.2 Å². The van der Waals surface area contributed by atoms with E-state index in [4.69, 9.17) is 16.3 Å². The van der Waals surface area contributed by atoms with Gasteiger partial charge in [0.2, 0.25) is 0 Å². The number of hydrazone groups is 1. The van der Waals surface area contributed by atoms with Gasteiger partial charge in [0.25, 0.3) is 5.91 Å². The molecule has 0 bridgehead atoms. The van der Waals surface area contributed by atoms with Crippen LogP contribution in [0.25, 0.3) is 0 Å². The third kappa shape index (κ3) is 5.53. The van der Waals surface area contributed by atoms with Gasteiger partial charge in [0.05, 0.1) is 11.8 Å². The molecule has 0 unspecified atom stereocenters. The Labute approximate surface area is 174 Å². The maximum Gasteiger partial charge on any atom is 0.343 e. The van der Waals surface area contributed by atoms with E-state index in [9.17, 15) is 9.59 Å². The van der Waals surface area contributed by atoms with Crippen LogP contribution >= 0.6 is 11.6 Å². The summed E-state index contributed by atoms with van der Waals surface area (Å²) in [6.07, 6.45) is 1.39. The van der Waals surface area contributed by atoms with Crippen molar-refractivity contribution in [1.29, 1.82) is 0 Å². The molecule has 0 heterocycles. The smallest absolute Gasteiger partial charge is 0.343 e. The molecule has 3 aromatic rings. The molecule has 146 valence electrons. The summed E-state index contributed by atoms with van der Waals surface area (Å²) < 4.78 is 5.50. The van der Waals surface area contributed by atoms with Crippen LogP contribution in [0, 0.1) is 13.8 Å². The number of halogens is 1. The van der Waals surface area contributed by atoms with Gasteiger partial charge in [-0.15, -0.1) is 0 Å². The lowest BCUT2D eigenvalue weighted by Crippen LogP contribution is -2.17. The van der Waals surface area contributed by atoms with Crippen molar-refractivity contribution in [1.82, 2.24) is 5.43 Å². The van der Waals surface area contributed by atoms with Gasteiger partial charge < -0.3 is 4.74 Å². The topological polar surface area (TPSA) is 67.8 Å². The molecule has 0 atom stereocenters. The average molecular weight is 407 g/mol. The highest BCUT2D eigenvalue weighted by Gasteiger charge is 2.12. The van der Waals surface area contributed by atoms with Crippen LogP contribution in [0.1, 0.15) is 37.4 Å². The Bertz CT molecular complexity index is 1080. The molecular formula is C23H19ClN2O3. The van der Waals surface area contributed by atoms with Crippen molar-refractivity contribution in [3.8, 4) is 5.75 Å². The highest BCUT2D eigenvalue weighted by molar-refractivity contribution is 6.31. The highest BCUT2D eigenvalue weighted by atomic mass is 35.5. The Balaban J connectivity index is 1.74. The van der Waals surface area contributed by atoms with E-state index in [1.165, 1.54) is 6.21 Å². The number of hydrogen-bond acceptors (Lipinski definition) is 4. The average Bonchev–Trinajstić information content (AvgIpc) is 2.70. The number of nitrogens with one attached hydrogen (secondary N) is 1. The van der Waals surface area contributed by atoms with Crippen molar-refractivity contribution >= 4 is 29.7 Å². The molecule has 0 aliphatic rings. The van der Waals surface area contributed by atoms with Crippen LogP contribution in [-0.2, 0) is 0 Å². The van der Waals surface area contributed by atoms with Gasteiger partial charge in [-0.3, -0.25) is 4.79 Å². The second-order valence-corrected chi connectivity index (χ2v) is 6.94. The van der Waals surface area contributed by atoms with Gasteiger partial charge in [-0.1, -0.05) is 47.0 Å². The number of benzene rings is 3. The Morgan fingerprint density at radius 3 is 2.41 bits per heavy atom. The summed E-state index contributed by atoms with van der Waals surface area (Å²) in [6, 6.07) is 19.0. The van der Waals surface area contributed by atoms with E-state index in [1.807, 2.05) is 32.0 Å². The van der Waals surface area contributed by atoms with E-state index in [0.717, 1.165) is 11.1 Å². The first-order chi connectivity index (χ1) is 13.9. The molecule has 0 saturated heterocycles. The van der Waals surface area contributed by atoms with Gasteiger partial charge in [0, 0.05) is 16.1 Å². The Morgan fingerprint density at radius 1 is 0.931 bits per heavy atom. The normalized spacial score (nSPS) is 10.7. The number of nitrogens with zero attached hydrogens (tertiary/aromatic N) is 1. The maximum atomic E-state index is 12.4. The molecule has 6 heteroatoms. The van der Waals surface area contributed by atoms with Crippen LogP contribution in [0.3, 0.4) is 0 Å². The molecule has 3 aromatic carbocycles. The second kappa shape index (κ2) is 9.17. The molecule has 1 N–H and O–H groups in total. The summed E-state index contributed by atoms with van der Waals surface area (Å²) in [5.74, 6) is -0.551. The molecule has 0 aliphatic carbocycles. The second-order valence-electron chi connectivity index (χ2n) is 6.51. The first kappa shape index (κ1) is 20.3. The van der Waals surface area contributed by atoms with Crippen molar-refractivity contribution in [2.75, 3.05) is 0 Å². The van der Waals surface area contributed by atoms with E-state index in [0.29, 0.717) is 21.7 Å². The van der Waals surface area contributed by atoms with Gasteiger partial charge in [0.15, 0.2) is 0 Å². The minimum absolute atomic E-state index is 0.286. The lowest BCUT2D eigenvalue weighted by molar-refractivity contribution is 0.0734. The summed E-state index contributed by atoms with van der Waals surface area (Å²) >= 11 is 6.05. The zero-order valence-corrected chi connectivity index (χ0v) is 16.7. The number of ether oxygens (including phenoxy) is 1. The maximum absolute atomic E-state index is 12.4. The largest absolute Gasteiger partial charge is 0.422 e. The molecule has 0 aliphatic heterocycles. The molecule has 3 rings (SSSR count). The molecule has 29 heavy (non-hydrogen) atoms. The minimum atomic E-state index is -0.491. The molecule has 0 saturated carbocycles. The van der Waals surface area contributed by atoms with Crippen LogP contribution in [0.5, 0.6) is 5.75 Å². The van der Waals surface area contributed by atoms with Crippen LogP contribution in [-0.4, -0.2) is 18.1 Å². The van der Waals surface area contributed by atoms with Crippen molar-refractivity contribution in [2.45, 2.75) is 13.8 Å². The molecule has 0 radical (unpaired) electrons. The number of amides is 1. The quantitative estimate of drug-likeness (QED) is 0.282. The number of esters is 1. The summed E-state index contributed by atoms with van der Waals surface area (Å²) in [4.78, 5) is 24.6. The Hall–Kier alpha value is -3.44. The van der Waals surface area contributed by atoms with E-state index in [-0.39, 0.29) is 11.7 Å². The minimum Gasteiger partial charge on any atom is -0.422 e. The Morgan fingerprint density at radius 2 is 1.69 bits per heavy atom. The lowest BCUT2D eigenvalue weighted by atomic mass is 10.1. The van der Waals surface area contributed by atoms with Gasteiger partial charge >= 0.3 is 5.97 Å². The highest BCUT2D eigenvalue weighted by Crippen LogP contribution is 2.22. The zero-order chi connectivity index (χ0) is 20.8. The standard InChI is InChI=1S/C23H19ClN2O3/c1-15-6-8-17(9-7-15)22(27)26-25-14-19-13-20(24)10-11-21(19)29-23(28)18-5-3-4-16(2)12-18/h3-14H,1-2H3,(H,26,27)/b25-14+. The number of hydrogen-bond donors (Lipinski definition) is 1. The molecule has 5 nitrogen and oxygen atoms in total. The van der Waals surface area contributed by atoms with Crippen LogP contribution in [0.15, 0.2) is 71.8 Å². The zero-order valence-electron chi connectivity index (χ0n) is 16.0. The fraction of sp³-hybridized carbons (Fsp3) is 0.0870. The fourth-order valence-electron chi connectivity index (χ4n) is 2.57. The summed E-state index contributed by atoms with van der Waals surface area (Å²) in [7, 11) is 0. The molecule has 0 fully saturated rings. The number of rotatable bonds is 5. The molecule has 0 spiro atoms. The lowest BCUT2D eigenvalue weighted by Gasteiger charge is -2.08. The SMILES string of the molecule is Cc1ccc(C(=O)N/N=C/c2cc(Cl)ccc2OC(=O)c2cccc(C)c2)cc1. The number of carbonyl (C=O) groups is 2. The van der Waals surface area contributed by atoms with E-state index >= 15 is 0 Å². The molecule has 0 aromatic heterocycles. The predicted molar refractivity (Wildman–Crippen MR) is 114 cm³/mol. The van der Waals surface area contributed by atoms with Gasteiger partial charge in [0.1, 0.15) is 5.75 Å². The van der Waals surface area contributed by atoms with Gasteiger partial charge in [-0.2, -0.15) is 5.10 Å². The van der Waals surface area contributed by atoms with Crippen LogP contribution in [0.4, 0.5) is 0 Å². The third-order valence-corrected chi connectivity index (χ3v) is 4.35. The Kier molecular flexibility index (Phi) is 6.42. The van der Waals surface area contributed by atoms with Crippen molar-refractivity contribution in [3.63, 3.8) is 0 Å². The molecular weight excluding hydrogens is 388 g/mol. The number of aryl methyl sites for hydroxylation is 2. The monoisotopic (exact) mass is 406 g/mol. The summed E-state index contributed by atoms with van der Waals surface area (Å²) in [5.41, 5.74) is 5.86. The van der Waals surface area contributed by atoms with Crippen molar-refractivity contribution in [3.05, 3.63) is 99.6 Å². The van der Waals surface area contributed by atoms with Crippen molar-refractivity contribution in [2.24, 2.45) is 5.10 Å². The van der Waals surface area contributed by atoms with E-state index in [2.05, 4.69) is 10.5 Å². The van der Waals surface area contributed by atoms with Gasteiger partial charge in [-0.05, 0) is 56.3 Å². The van der Waals surface area contributed by atoms with Crippen LogP contribution in [0.2, 0.25) is 5.02 Å². The van der Waals surface area contributed by atoms with Gasteiger partial charge in [-0.25, -0.2) is 10.2 Å². The van der Waals surface area contributed by atoms with E-state index < -0.39 is 5.97 Å². The van der Waals surface area contributed by atoms with Crippen molar-refractivity contribution < 1.29 is 14.3 Å². The third-order valence-electron chi connectivity index (χ3n) is 4.11. The number of carbonyl (C=O) groups excluding carboxylic acids is 2. The predicted octanol–water partition coefficient (Wildman–Crippen LogP) is 4.94.